The van der Waals surface area contributed by atoms with Crippen LogP contribution in [0.2, 0.25) is 0 Å². The van der Waals surface area contributed by atoms with Crippen LogP contribution in [-0.2, 0) is 9.59 Å². The molecule has 0 aromatic heterocycles. The summed E-state index contributed by atoms with van der Waals surface area (Å²) in [7, 11) is 0. The maximum absolute atomic E-state index is 10.5. The molecule has 0 fully saturated rings. The maximum Gasteiger partial charge on any atom is 0.215 e. The maximum atomic E-state index is 10.5. The van der Waals surface area contributed by atoms with Gasteiger partial charge in [0.25, 0.3) is 0 Å². The molecule has 0 aromatic rings. The molecule has 0 bridgehead atoms. The zero-order valence-electron chi connectivity index (χ0n) is 5.09. The predicted octanol–water partition coefficient (Wildman–Crippen LogP) is -0.331. The lowest BCUT2D eigenvalue weighted by atomic mass is 10.2. The molecule has 0 aliphatic heterocycles. The van der Waals surface area contributed by atoms with Crippen LogP contribution in [0.25, 0.3) is 0 Å². The van der Waals surface area contributed by atoms with Crippen LogP contribution in [-0.4, -0.2) is 23.4 Å². The van der Waals surface area contributed by atoms with Crippen LogP contribution in [0, 0.1) is 0 Å². The van der Waals surface area contributed by atoms with Gasteiger partial charge in [0, 0.05) is 12.7 Å². The van der Waals surface area contributed by atoms with Gasteiger partial charge in [-0.25, -0.2) is 0 Å². The SMILES string of the molecule is CC(=O)C(=O)[C@@H](N)C[S]. The van der Waals surface area contributed by atoms with Gasteiger partial charge in [0.1, 0.15) is 0 Å². The van der Waals surface area contributed by atoms with E-state index in [2.05, 4.69) is 12.6 Å². The number of hydrogen-bond donors (Lipinski definition) is 1. The first kappa shape index (κ1) is 8.65. The summed E-state index contributed by atoms with van der Waals surface area (Å²) in [6.07, 6.45) is 0. The van der Waals surface area contributed by atoms with Gasteiger partial charge in [0.05, 0.1) is 6.04 Å². The average molecular weight is 146 g/mol. The summed E-state index contributed by atoms with van der Waals surface area (Å²) >= 11 is 4.47. The van der Waals surface area contributed by atoms with Crippen LogP contribution in [0.1, 0.15) is 6.92 Å². The van der Waals surface area contributed by atoms with Crippen molar-refractivity contribution in [1.82, 2.24) is 0 Å². The Morgan fingerprint density at radius 1 is 1.67 bits per heavy atom. The molecule has 0 amide bonds. The van der Waals surface area contributed by atoms with E-state index < -0.39 is 17.6 Å². The molecule has 0 spiro atoms. The van der Waals surface area contributed by atoms with Gasteiger partial charge in [-0.15, -0.1) is 0 Å². The summed E-state index contributed by atoms with van der Waals surface area (Å²) in [5.74, 6) is -0.990. The van der Waals surface area contributed by atoms with Gasteiger partial charge in [-0.05, 0) is 0 Å². The van der Waals surface area contributed by atoms with Crippen molar-refractivity contribution in [2.75, 3.05) is 5.75 Å². The zero-order valence-corrected chi connectivity index (χ0v) is 5.90. The first-order valence-corrected chi connectivity index (χ1v) is 3.05. The fourth-order valence-electron chi connectivity index (χ4n) is 0.337. The van der Waals surface area contributed by atoms with E-state index in [0.29, 0.717) is 0 Å². The third-order valence-corrected chi connectivity index (χ3v) is 1.22. The van der Waals surface area contributed by atoms with Crippen LogP contribution < -0.4 is 5.73 Å². The molecular formula is C5H8NO2S. The Morgan fingerprint density at radius 2 is 2.11 bits per heavy atom. The smallest absolute Gasteiger partial charge is 0.215 e. The highest BCUT2D eigenvalue weighted by atomic mass is 32.1. The molecule has 0 aliphatic rings. The Balaban J connectivity index is 3.88. The van der Waals surface area contributed by atoms with Crippen LogP contribution >= 0.6 is 12.6 Å². The molecule has 2 N–H and O–H groups in total. The highest BCUT2D eigenvalue weighted by Crippen LogP contribution is 1.86. The first-order valence-electron chi connectivity index (χ1n) is 2.48. The van der Waals surface area contributed by atoms with Crippen molar-refractivity contribution < 1.29 is 9.59 Å². The quantitative estimate of drug-likeness (QED) is 0.554. The monoisotopic (exact) mass is 146 g/mol. The highest BCUT2D eigenvalue weighted by Gasteiger charge is 2.15. The Kier molecular flexibility index (Phi) is 3.49. The molecule has 51 valence electrons. The summed E-state index contributed by atoms with van der Waals surface area (Å²) in [6.45, 7) is 1.19. The van der Waals surface area contributed by atoms with Crippen molar-refractivity contribution in [2.45, 2.75) is 13.0 Å². The van der Waals surface area contributed by atoms with E-state index in [1.165, 1.54) is 6.92 Å². The average Bonchev–Trinajstić information content (AvgIpc) is 1.84. The van der Waals surface area contributed by atoms with Gasteiger partial charge < -0.3 is 5.73 Å². The molecule has 4 heteroatoms. The largest absolute Gasteiger partial charge is 0.320 e. The Hall–Kier alpha value is -0.350. The molecule has 0 saturated heterocycles. The Morgan fingerprint density at radius 3 is 2.22 bits per heavy atom. The zero-order chi connectivity index (χ0) is 7.44. The van der Waals surface area contributed by atoms with Crippen molar-refractivity contribution in [3.05, 3.63) is 0 Å². The predicted molar refractivity (Wildman–Crippen MR) is 36.1 cm³/mol. The lowest BCUT2D eigenvalue weighted by molar-refractivity contribution is -0.135. The second kappa shape index (κ2) is 3.63. The van der Waals surface area contributed by atoms with E-state index >= 15 is 0 Å². The molecule has 9 heavy (non-hydrogen) atoms. The molecule has 0 rings (SSSR count). The number of carbonyl (C=O) groups is 2. The summed E-state index contributed by atoms with van der Waals surface area (Å²) in [5, 5.41) is 0. The van der Waals surface area contributed by atoms with Gasteiger partial charge >= 0.3 is 0 Å². The Labute approximate surface area is 59.0 Å². The topological polar surface area (TPSA) is 60.2 Å². The van der Waals surface area contributed by atoms with E-state index in [-0.39, 0.29) is 5.75 Å². The number of ketones is 2. The minimum Gasteiger partial charge on any atom is -0.320 e. The number of Topliss-reactive ketones (excluding diaryl/α,β-unsaturated/α-hetero) is 2. The van der Waals surface area contributed by atoms with Crippen molar-refractivity contribution in [1.29, 1.82) is 0 Å². The standard InChI is InChI=1S/C5H8NO2S/c1-3(7)5(8)4(6)2-9/h4H,2,6H2,1H3/t4-/m0/s1. The second-order valence-corrected chi connectivity index (χ2v) is 2.03. The normalized spacial score (nSPS) is 12.8. The second-order valence-electron chi connectivity index (χ2n) is 1.69. The van der Waals surface area contributed by atoms with Gasteiger partial charge in [0.2, 0.25) is 5.78 Å². The van der Waals surface area contributed by atoms with Crippen molar-refractivity contribution in [2.24, 2.45) is 5.73 Å². The minimum atomic E-state index is -0.780. The molecule has 0 saturated carbocycles. The van der Waals surface area contributed by atoms with E-state index in [1.54, 1.807) is 0 Å². The molecule has 0 aliphatic carbocycles. The number of carbonyl (C=O) groups excluding carboxylic acids is 2. The van der Waals surface area contributed by atoms with Crippen molar-refractivity contribution in [3.8, 4) is 0 Å². The molecule has 0 unspecified atom stereocenters. The molecule has 0 aromatic carbocycles. The van der Waals surface area contributed by atoms with Crippen molar-refractivity contribution >= 4 is 24.2 Å². The third-order valence-electron chi connectivity index (χ3n) is 0.863. The van der Waals surface area contributed by atoms with Crippen LogP contribution in [0.3, 0.4) is 0 Å². The first-order chi connectivity index (χ1) is 4.09. The van der Waals surface area contributed by atoms with Crippen LogP contribution in [0.15, 0.2) is 0 Å². The summed E-state index contributed by atoms with van der Waals surface area (Å²) in [5.41, 5.74) is 5.14. The summed E-state index contributed by atoms with van der Waals surface area (Å²) in [6, 6.07) is -0.780. The molecule has 0 heterocycles. The Bertz CT molecular complexity index is 135. The van der Waals surface area contributed by atoms with E-state index in [1.807, 2.05) is 0 Å². The van der Waals surface area contributed by atoms with Gasteiger partial charge in [0.15, 0.2) is 5.78 Å². The minimum absolute atomic E-state index is 0.110. The summed E-state index contributed by atoms with van der Waals surface area (Å²) < 4.78 is 0. The third kappa shape index (κ3) is 2.62. The van der Waals surface area contributed by atoms with Crippen LogP contribution in [0.5, 0.6) is 0 Å². The molecule has 1 radical (unpaired) electrons. The molecule has 3 nitrogen and oxygen atoms in total. The van der Waals surface area contributed by atoms with Crippen LogP contribution in [0.4, 0.5) is 0 Å². The fourth-order valence-corrected chi connectivity index (χ4v) is 0.488. The summed E-state index contributed by atoms with van der Waals surface area (Å²) in [4.78, 5) is 20.8. The van der Waals surface area contributed by atoms with E-state index in [0.717, 1.165) is 0 Å². The van der Waals surface area contributed by atoms with Gasteiger partial charge in [-0.3, -0.25) is 9.59 Å². The highest BCUT2D eigenvalue weighted by molar-refractivity contribution is 7.80. The lowest BCUT2D eigenvalue weighted by Crippen LogP contribution is -2.36. The van der Waals surface area contributed by atoms with E-state index in [4.69, 9.17) is 5.73 Å². The fraction of sp³-hybridized carbons (Fsp3) is 0.600. The number of hydrogen-bond acceptors (Lipinski definition) is 3. The van der Waals surface area contributed by atoms with Crippen molar-refractivity contribution in [3.63, 3.8) is 0 Å². The van der Waals surface area contributed by atoms with E-state index in [9.17, 15) is 9.59 Å². The molecule has 1 atom stereocenters. The van der Waals surface area contributed by atoms with Gasteiger partial charge in [-0.2, -0.15) is 0 Å². The molecular weight excluding hydrogens is 138 g/mol. The number of rotatable bonds is 3. The van der Waals surface area contributed by atoms with Gasteiger partial charge in [-0.1, -0.05) is 12.6 Å². The lowest BCUT2D eigenvalue weighted by Gasteiger charge is -2.00. The number of nitrogens with two attached hydrogens (primary N) is 1.